The van der Waals surface area contributed by atoms with Crippen LogP contribution in [0.25, 0.3) is 16.6 Å². The maximum atomic E-state index is 12.4. The summed E-state index contributed by atoms with van der Waals surface area (Å²) >= 11 is 11.5. The molecule has 6 nitrogen and oxygen atoms in total. The monoisotopic (exact) mass is 351 g/mol. The number of ether oxygens (including phenoxy) is 1. The van der Waals surface area contributed by atoms with E-state index in [2.05, 4.69) is 20.3 Å². The van der Waals surface area contributed by atoms with Crippen molar-refractivity contribution in [3.8, 4) is 5.88 Å². The van der Waals surface area contributed by atoms with E-state index in [4.69, 9.17) is 27.9 Å². The molecule has 3 heterocycles. The van der Waals surface area contributed by atoms with Gasteiger partial charge in [-0.05, 0) is 12.1 Å². The van der Waals surface area contributed by atoms with E-state index in [0.717, 1.165) is 4.52 Å². The van der Waals surface area contributed by atoms with E-state index < -0.39 is 17.6 Å². The van der Waals surface area contributed by atoms with Crippen LogP contribution in [0.1, 0.15) is 10.7 Å². The second-order valence-corrected chi connectivity index (χ2v) is 5.30. The number of hydrogen-bond acceptors (Lipinski definition) is 5. The molecule has 0 aliphatic carbocycles. The minimum Gasteiger partial charge on any atom is -0.465 e. The summed E-state index contributed by atoms with van der Waals surface area (Å²) < 4.78 is 42.9. The molecule has 0 N–H and O–H groups in total. The van der Waals surface area contributed by atoms with Crippen LogP contribution in [0.5, 0.6) is 5.88 Å². The average molecular weight is 352 g/mol. The van der Waals surface area contributed by atoms with Crippen LogP contribution >= 0.6 is 23.2 Å². The van der Waals surface area contributed by atoms with Crippen LogP contribution in [0, 0.1) is 0 Å². The summed E-state index contributed by atoms with van der Waals surface area (Å²) in [5.74, 6) is -0.239. The molecule has 0 fully saturated rings. The molecule has 3 aromatic heterocycles. The van der Waals surface area contributed by atoms with E-state index in [1.807, 2.05) is 0 Å². The molecule has 0 unspecified atom stereocenters. The van der Waals surface area contributed by atoms with Crippen molar-refractivity contribution in [2.45, 2.75) is 11.0 Å². The van der Waals surface area contributed by atoms with Crippen LogP contribution in [-0.4, -0.2) is 37.6 Å². The quantitative estimate of drug-likeness (QED) is 0.678. The lowest BCUT2D eigenvalue weighted by molar-refractivity contribution is -0.154. The molecule has 0 aromatic carbocycles. The van der Waals surface area contributed by atoms with Crippen molar-refractivity contribution >= 4 is 39.8 Å². The fourth-order valence-corrected chi connectivity index (χ4v) is 2.11. The summed E-state index contributed by atoms with van der Waals surface area (Å²) in [6.07, 6.45) is -3.10. The molecule has 0 saturated heterocycles. The van der Waals surface area contributed by atoms with Crippen LogP contribution in [0.3, 0.4) is 0 Å². The predicted octanol–water partition coefficient (Wildman–Crippen LogP) is 3.09. The first-order chi connectivity index (χ1) is 10.4. The van der Waals surface area contributed by atoms with Crippen molar-refractivity contribution in [1.82, 2.24) is 24.8 Å². The topological polar surface area (TPSA) is 65.2 Å². The van der Waals surface area contributed by atoms with Crippen LogP contribution in [0.2, 0.25) is 0 Å². The minimum atomic E-state index is -4.50. The van der Waals surface area contributed by atoms with Gasteiger partial charge < -0.3 is 4.74 Å². The summed E-state index contributed by atoms with van der Waals surface area (Å²) in [6.45, 7) is -1.50. The molecule has 116 valence electrons. The first-order valence-electron chi connectivity index (χ1n) is 5.84. The van der Waals surface area contributed by atoms with Gasteiger partial charge in [0.25, 0.3) is 5.88 Å². The van der Waals surface area contributed by atoms with Gasteiger partial charge in [-0.25, -0.2) is 0 Å². The predicted molar refractivity (Wildman–Crippen MR) is 72.1 cm³/mol. The lowest BCUT2D eigenvalue weighted by atomic mass is 10.3. The van der Waals surface area contributed by atoms with Crippen molar-refractivity contribution in [1.29, 1.82) is 0 Å². The Hall–Kier alpha value is -1.87. The van der Waals surface area contributed by atoms with Crippen LogP contribution in [-0.2, 0) is 0 Å². The fraction of sp³-hybridized carbons (Fsp3) is 0.273. The third-order valence-corrected chi connectivity index (χ3v) is 3.06. The number of hydrogen-bond donors (Lipinski definition) is 0. The number of fused-ring (bicyclic) bond motifs is 3. The zero-order valence-electron chi connectivity index (χ0n) is 10.6. The SMILES string of the molecule is FC(F)(F)COc1nn2c(C(Cl)Cl)nnc2c2cccnc12. The van der Waals surface area contributed by atoms with Gasteiger partial charge in [-0.15, -0.1) is 15.3 Å². The smallest absolute Gasteiger partial charge is 0.422 e. The summed E-state index contributed by atoms with van der Waals surface area (Å²) in [5.41, 5.74) is 0.405. The number of aromatic nitrogens is 5. The van der Waals surface area contributed by atoms with Crippen molar-refractivity contribution < 1.29 is 17.9 Å². The van der Waals surface area contributed by atoms with E-state index in [1.165, 1.54) is 6.20 Å². The highest BCUT2D eigenvalue weighted by Crippen LogP contribution is 2.29. The molecule has 0 spiro atoms. The fourth-order valence-electron chi connectivity index (χ4n) is 1.84. The highest BCUT2D eigenvalue weighted by atomic mass is 35.5. The van der Waals surface area contributed by atoms with Crippen molar-refractivity contribution in [2.24, 2.45) is 0 Å². The van der Waals surface area contributed by atoms with Gasteiger partial charge >= 0.3 is 6.18 Å². The maximum absolute atomic E-state index is 12.4. The second-order valence-electron chi connectivity index (χ2n) is 4.20. The minimum absolute atomic E-state index is 0.0703. The van der Waals surface area contributed by atoms with Crippen LogP contribution in [0.4, 0.5) is 13.2 Å². The van der Waals surface area contributed by atoms with Gasteiger partial charge in [-0.2, -0.15) is 17.7 Å². The first kappa shape index (κ1) is 15.0. The zero-order valence-corrected chi connectivity index (χ0v) is 12.1. The van der Waals surface area contributed by atoms with Gasteiger partial charge in [0, 0.05) is 6.20 Å². The van der Waals surface area contributed by atoms with E-state index in [9.17, 15) is 13.2 Å². The van der Waals surface area contributed by atoms with Gasteiger partial charge in [-0.3, -0.25) is 4.98 Å². The third kappa shape index (κ3) is 2.73. The Labute approximate surface area is 130 Å². The number of halogens is 5. The Balaban J connectivity index is 2.21. The van der Waals surface area contributed by atoms with E-state index in [0.29, 0.717) is 5.39 Å². The number of alkyl halides is 5. The summed E-state index contributed by atoms with van der Waals surface area (Å²) in [5, 5.41) is 12.0. The summed E-state index contributed by atoms with van der Waals surface area (Å²) in [6, 6.07) is 3.21. The maximum Gasteiger partial charge on any atom is 0.422 e. The van der Waals surface area contributed by atoms with Gasteiger partial charge in [0.2, 0.25) is 0 Å². The van der Waals surface area contributed by atoms with E-state index in [-0.39, 0.29) is 22.9 Å². The summed E-state index contributed by atoms with van der Waals surface area (Å²) in [4.78, 5) is 2.94. The second kappa shape index (κ2) is 5.40. The Bertz CT molecular complexity index is 836. The number of pyridine rings is 1. The first-order valence-corrected chi connectivity index (χ1v) is 6.72. The van der Waals surface area contributed by atoms with E-state index in [1.54, 1.807) is 12.1 Å². The Kier molecular flexibility index (Phi) is 3.69. The standard InChI is InChI=1S/C11H6Cl2F3N5O/c12-7(13)9-19-18-8-5-2-1-3-17-6(5)10(20-21(8)9)22-4-11(14,15)16/h1-3,7H,4H2. The molecule has 0 bridgehead atoms. The third-order valence-electron chi connectivity index (χ3n) is 2.67. The summed E-state index contributed by atoms with van der Waals surface area (Å²) in [7, 11) is 0. The van der Waals surface area contributed by atoms with Crippen LogP contribution in [0.15, 0.2) is 18.3 Å². The van der Waals surface area contributed by atoms with Crippen molar-refractivity contribution in [3.05, 3.63) is 24.2 Å². The van der Waals surface area contributed by atoms with Crippen molar-refractivity contribution in [2.75, 3.05) is 6.61 Å². The number of nitrogens with zero attached hydrogens (tertiary/aromatic N) is 5. The normalized spacial score (nSPS) is 12.5. The van der Waals surface area contributed by atoms with E-state index >= 15 is 0 Å². The molecular weight excluding hydrogens is 346 g/mol. The lowest BCUT2D eigenvalue weighted by Gasteiger charge is -2.10. The Morgan fingerprint density at radius 3 is 2.73 bits per heavy atom. The van der Waals surface area contributed by atoms with Gasteiger partial charge in [0.05, 0.1) is 5.39 Å². The highest BCUT2D eigenvalue weighted by Gasteiger charge is 2.30. The van der Waals surface area contributed by atoms with Crippen LogP contribution < -0.4 is 4.74 Å². The molecule has 22 heavy (non-hydrogen) atoms. The molecule has 3 aromatic rings. The van der Waals surface area contributed by atoms with Gasteiger partial charge in [0.1, 0.15) is 5.52 Å². The Morgan fingerprint density at radius 1 is 1.27 bits per heavy atom. The lowest BCUT2D eigenvalue weighted by Crippen LogP contribution is -2.20. The molecule has 0 atom stereocenters. The molecule has 0 aliphatic heterocycles. The number of rotatable bonds is 3. The molecule has 3 rings (SSSR count). The molecule has 11 heteroatoms. The molecule has 0 aliphatic rings. The Morgan fingerprint density at radius 2 is 2.05 bits per heavy atom. The molecule has 0 saturated carbocycles. The largest absolute Gasteiger partial charge is 0.465 e. The zero-order chi connectivity index (χ0) is 15.9. The average Bonchev–Trinajstić information content (AvgIpc) is 2.88. The van der Waals surface area contributed by atoms with Crippen molar-refractivity contribution in [3.63, 3.8) is 0 Å². The van der Waals surface area contributed by atoms with Gasteiger partial charge in [0.15, 0.2) is 22.9 Å². The van der Waals surface area contributed by atoms with Gasteiger partial charge in [-0.1, -0.05) is 23.2 Å². The molecule has 0 radical (unpaired) electrons. The molecular formula is C11H6Cl2F3N5O. The molecule has 0 amide bonds. The highest BCUT2D eigenvalue weighted by molar-refractivity contribution is 6.43.